The van der Waals surface area contributed by atoms with Crippen LogP contribution in [0.3, 0.4) is 0 Å². The maximum atomic E-state index is 12.9. The molecule has 0 aliphatic heterocycles. The van der Waals surface area contributed by atoms with Crippen molar-refractivity contribution in [3.05, 3.63) is 51.4 Å². The molecule has 0 saturated heterocycles. The number of amides is 1. The van der Waals surface area contributed by atoms with Gasteiger partial charge in [-0.25, -0.2) is 4.79 Å². The number of benzene rings is 1. The zero-order chi connectivity index (χ0) is 23.1. The van der Waals surface area contributed by atoms with Crippen LogP contribution in [0, 0.1) is 17.2 Å². The van der Waals surface area contributed by atoms with Crippen molar-refractivity contribution in [3.8, 4) is 11.8 Å². The second-order valence-corrected chi connectivity index (χ2v) is 8.92. The van der Waals surface area contributed by atoms with Gasteiger partial charge in [-0.05, 0) is 67.9 Å². The lowest BCUT2D eigenvalue weighted by Gasteiger charge is -2.18. The number of esters is 1. The lowest BCUT2D eigenvalue weighted by molar-refractivity contribution is -0.112. The van der Waals surface area contributed by atoms with Crippen LogP contribution < -0.4 is 10.1 Å². The zero-order valence-electron chi connectivity index (χ0n) is 18.7. The molecular formula is C25H28N2O4S. The minimum atomic E-state index is -0.545. The summed E-state index contributed by atoms with van der Waals surface area (Å²) in [5.41, 5.74) is 2.07. The Balaban J connectivity index is 1.84. The molecule has 1 amide bonds. The fourth-order valence-corrected chi connectivity index (χ4v) is 5.02. The Hall–Kier alpha value is -3.11. The van der Waals surface area contributed by atoms with Gasteiger partial charge in [-0.1, -0.05) is 26.0 Å². The van der Waals surface area contributed by atoms with E-state index in [1.165, 1.54) is 17.4 Å². The molecule has 1 aliphatic rings. The van der Waals surface area contributed by atoms with Gasteiger partial charge < -0.3 is 14.8 Å². The molecule has 0 spiro atoms. The number of nitrogens with zero attached hydrogens (tertiary/aromatic N) is 1. The van der Waals surface area contributed by atoms with E-state index in [2.05, 4.69) is 12.2 Å². The lowest BCUT2D eigenvalue weighted by atomic mass is 9.88. The van der Waals surface area contributed by atoms with E-state index in [0.29, 0.717) is 28.7 Å². The van der Waals surface area contributed by atoms with Crippen LogP contribution in [-0.2, 0) is 22.4 Å². The van der Waals surface area contributed by atoms with Crippen molar-refractivity contribution in [3.63, 3.8) is 0 Å². The summed E-state index contributed by atoms with van der Waals surface area (Å²) in [5.74, 6) is 0.291. The van der Waals surface area contributed by atoms with Crippen LogP contribution in [0.1, 0.15) is 60.0 Å². The maximum absolute atomic E-state index is 12.9. The van der Waals surface area contributed by atoms with E-state index in [1.807, 2.05) is 25.1 Å². The highest BCUT2D eigenvalue weighted by molar-refractivity contribution is 7.17. The second kappa shape index (κ2) is 11.0. The van der Waals surface area contributed by atoms with E-state index in [9.17, 15) is 14.9 Å². The summed E-state index contributed by atoms with van der Waals surface area (Å²) in [6.07, 6.45) is 5.09. The van der Waals surface area contributed by atoms with Crippen molar-refractivity contribution in [1.82, 2.24) is 0 Å². The molecule has 32 heavy (non-hydrogen) atoms. The minimum Gasteiger partial charge on any atom is -0.494 e. The van der Waals surface area contributed by atoms with Crippen LogP contribution in [0.25, 0.3) is 6.08 Å². The van der Waals surface area contributed by atoms with Crippen molar-refractivity contribution in [2.24, 2.45) is 5.92 Å². The molecule has 1 N–H and O–H groups in total. The highest BCUT2D eigenvalue weighted by Gasteiger charge is 2.29. The molecule has 3 rings (SSSR count). The van der Waals surface area contributed by atoms with Gasteiger partial charge in [-0.3, -0.25) is 4.79 Å². The number of hydrogen-bond donors (Lipinski definition) is 1. The molecule has 1 heterocycles. The van der Waals surface area contributed by atoms with Gasteiger partial charge in [0.05, 0.1) is 18.8 Å². The first-order valence-corrected chi connectivity index (χ1v) is 11.8. The van der Waals surface area contributed by atoms with Crippen LogP contribution in [0.15, 0.2) is 29.8 Å². The Morgan fingerprint density at radius 3 is 2.69 bits per heavy atom. The van der Waals surface area contributed by atoms with Gasteiger partial charge in [0.15, 0.2) is 0 Å². The highest BCUT2D eigenvalue weighted by atomic mass is 32.1. The molecule has 2 aromatic rings. The molecule has 0 radical (unpaired) electrons. The van der Waals surface area contributed by atoms with Crippen molar-refractivity contribution in [2.45, 2.75) is 46.5 Å². The SMILES string of the molecule is CCCOc1ccc(/C=C(\C#N)C(=O)Nc2sc3c(c2C(=O)OCC)CCC(C)C3)cc1. The smallest absolute Gasteiger partial charge is 0.341 e. The average molecular weight is 453 g/mol. The van der Waals surface area contributed by atoms with Crippen LogP contribution in [0.2, 0.25) is 0 Å². The lowest BCUT2D eigenvalue weighted by Crippen LogP contribution is -2.17. The first kappa shape index (κ1) is 23.6. The highest BCUT2D eigenvalue weighted by Crippen LogP contribution is 2.40. The third-order valence-corrected chi connectivity index (χ3v) is 6.42. The summed E-state index contributed by atoms with van der Waals surface area (Å²) in [4.78, 5) is 26.6. The summed E-state index contributed by atoms with van der Waals surface area (Å²) in [5, 5.41) is 12.8. The number of fused-ring (bicyclic) bond motifs is 1. The number of hydrogen-bond acceptors (Lipinski definition) is 6. The predicted octanol–water partition coefficient (Wildman–Crippen LogP) is 5.38. The second-order valence-electron chi connectivity index (χ2n) is 7.82. The van der Waals surface area contributed by atoms with Gasteiger partial charge in [-0.15, -0.1) is 11.3 Å². The van der Waals surface area contributed by atoms with Gasteiger partial charge in [-0.2, -0.15) is 5.26 Å². The summed E-state index contributed by atoms with van der Waals surface area (Å²) < 4.78 is 10.8. The van der Waals surface area contributed by atoms with Gasteiger partial charge in [0.25, 0.3) is 5.91 Å². The molecule has 6 nitrogen and oxygen atoms in total. The number of anilines is 1. The molecule has 0 bridgehead atoms. The van der Waals surface area contributed by atoms with Crippen LogP contribution in [-0.4, -0.2) is 25.1 Å². The largest absolute Gasteiger partial charge is 0.494 e. The third-order valence-electron chi connectivity index (χ3n) is 5.25. The third kappa shape index (κ3) is 5.57. The van der Waals surface area contributed by atoms with Crippen molar-refractivity contribution in [1.29, 1.82) is 5.26 Å². The average Bonchev–Trinajstić information content (AvgIpc) is 3.13. The quantitative estimate of drug-likeness (QED) is 0.330. The molecule has 1 atom stereocenters. The van der Waals surface area contributed by atoms with E-state index in [4.69, 9.17) is 9.47 Å². The van der Waals surface area contributed by atoms with Crippen molar-refractivity contribution in [2.75, 3.05) is 18.5 Å². The number of nitriles is 1. The molecule has 1 aromatic heterocycles. The Morgan fingerprint density at radius 2 is 2.03 bits per heavy atom. The number of carbonyl (C=O) groups is 2. The Bertz CT molecular complexity index is 1050. The molecule has 1 unspecified atom stereocenters. The van der Waals surface area contributed by atoms with Gasteiger partial charge in [0.1, 0.15) is 22.4 Å². The topological polar surface area (TPSA) is 88.4 Å². The molecule has 1 aliphatic carbocycles. The van der Waals surface area contributed by atoms with Gasteiger partial charge in [0, 0.05) is 4.88 Å². The fraction of sp³-hybridized carbons (Fsp3) is 0.400. The van der Waals surface area contributed by atoms with E-state index in [1.54, 1.807) is 19.1 Å². The molecule has 0 saturated carbocycles. The van der Waals surface area contributed by atoms with E-state index in [-0.39, 0.29) is 12.2 Å². The molecule has 168 valence electrons. The van der Waals surface area contributed by atoms with Gasteiger partial charge in [0.2, 0.25) is 0 Å². The first-order valence-electron chi connectivity index (χ1n) is 10.9. The zero-order valence-corrected chi connectivity index (χ0v) is 19.5. The summed E-state index contributed by atoms with van der Waals surface area (Å²) in [6, 6.07) is 9.18. The number of nitrogens with one attached hydrogen (secondary N) is 1. The van der Waals surface area contributed by atoms with Crippen molar-refractivity contribution >= 4 is 34.3 Å². The Kier molecular flexibility index (Phi) is 8.07. The standard InChI is InChI=1S/C25H28N2O4S/c1-4-12-31-19-9-7-17(8-10-19)14-18(15-26)23(28)27-24-22(25(29)30-5-2)20-11-6-16(3)13-21(20)32-24/h7-10,14,16H,4-6,11-13H2,1-3H3,(H,27,28)/b18-14+. The first-order chi connectivity index (χ1) is 15.5. The number of ether oxygens (including phenoxy) is 2. The summed E-state index contributed by atoms with van der Waals surface area (Å²) in [7, 11) is 0. The molecule has 0 fully saturated rings. The summed E-state index contributed by atoms with van der Waals surface area (Å²) in [6.45, 7) is 6.86. The number of carbonyl (C=O) groups excluding carboxylic acids is 2. The van der Waals surface area contributed by atoms with Crippen LogP contribution >= 0.6 is 11.3 Å². The summed E-state index contributed by atoms with van der Waals surface area (Å²) >= 11 is 1.41. The van der Waals surface area contributed by atoms with Crippen molar-refractivity contribution < 1.29 is 19.1 Å². The van der Waals surface area contributed by atoms with Crippen LogP contribution in [0.5, 0.6) is 5.75 Å². The van der Waals surface area contributed by atoms with Crippen LogP contribution in [0.4, 0.5) is 5.00 Å². The molecule has 7 heteroatoms. The van der Waals surface area contributed by atoms with E-state index < -0.39 is 11.9 Å². The number of thiophene rings is 1. The van der Waals surface area contributed by atoms with E-state index >= 15 is 0 Å². The van der Waals surface area contributed by atoms with E-state index in [0.717, 1.165) is 41.9 Å². The molecule has 1 aromatic carbocycles. The molecular weight excluding hydrogens is 424 g/mol. The predicted molar refractivity (Wildman–Crippen MR) is 126 cm³/mol. The maximum Gasteiger partial charge on any atom is 0.341 e. The number of rotatable bonds is 8. The van der Waals surface area contributed by atoms with Gasteiger partial charge >= 0.3 is 5.97 Å². The monoisotopic (exact) mass is 452 g/mol. The minimum absolute atomic E-state index is 0.0400. The Labute approximate surface area is 192 Å². The fourth-order valence-electron chi connectivity index (χ4n) is 3.62. The normalized spacial score (nSPS) is 15.4. The Morgan fingerprint density at radius 1 is 1.28 bits per heavy atom.